The van der Waals surface area contributed by atoms with Crippen molar-refractivity contribution in [3.05, 3.63) is 51.5 Å². The summed E-state index contributed by atoms with van der Waals surface area (Å²) in [6, 6.07) is 9.41. The standard InChI is InChI=1S/C11H8ClN3O2/c12-8-3-1-2-7(6-8)11-9(15(16)17)4-5-10(13)14-11/h1-6H,(H2,13,14). The Balaban J connectivity index is 2.65. The highest BCUT2D eigenvalue weighted by molar-refractivity contribution is 6.30. The van der Waals surface area contributed by atoms with Crippen molar-refractivity contribution in [3.63, 3.8) is 0 Å². The molecular weight excluding hydrogens is 242 g/mol. The quantitative estimate of drug-likeness (QED) is 0.655. The van der Waals surface area contributed by atoms with Gasteiger partial charge in [-0.25, -0.2) is 4.98 Å². The van der Waals surface area contributed by atoms with Gasteiger partial charge in [-0.1, -0.05) is 23.7 Å². The van der Waals surface area contributed by atoms with Crippen molar-refractivity contribution in [2.24, 2.45) is 0 Å². The van der Waals surface area contributed by atoms with E-state index in [4.69, 9.17) is 17.3 Å². The van der Waals surface area contributed by atoms with Gasteiger partial charge in [-0.2, -0.15) is 0 Å². The van der Waals surface area contributed by atoms with Crippen molar-refractivity contribution in [1.82, 2.24) is 4.98 Å². The van der Waals surface area contributed by atoms with Crippen LogP contribution in [0.15, 0.2) is 36.4 Å². The molecule has 0 aliphatic carbocycles. The zero-order chi connectivity index (χ0) is 12.4. The molecule has 2 rings (SSSR count). The minimum atomic E-state index is -0.497. The summed E-state index contributed by atoms with van der Waals surface area (Å²) in [6.07, 6.45) is 0. The van der Waals surface area contributed by atoms with E-state index in [-0.39, 0.29) is 17.2 Å². The van der Waals surface area contributed by atoms with Crippen molar-refractivity contribution in [2.45, 2.75) is 0 Å². The normalized spacial score (nSPS) is 10.2. The Hall–Kier alpha value is -2.14. The minimum absolute atomic E-state index is 0.0959. The first-order valence-electron chi connectivity index (χ1n) is 4.75. The Morgan fingerprint density at radius 3 is 2.71 bits per heavy atom. The molecule has 86 valence electrons. The summed E-state index contributed by atoms with van der Waals surface area (Å²) in [6.45, 7) is 0. The van der Waals surface area contributed by atoms with E-state index >= 15 is 0 Å². The minimum Gasteiger partial charge on any atom is -0.384 e. The van der Waals surface area contributed by atoms with Crippen LogP contribution >= 0.6 is 11.6 Å². The van der Waals surface area contributed by atoms with E-state index in [9.17, 15) is 10.1 Å². The number of anilines is 1. The highest BCUT2D eigenvalue weighted by Gasteiger charge is 2.17. The number of rotatable bonds is 2. The smallest absolute Gasteiger partial charge is 0.295 e. The monoisotopic (exact) mass is 249 g/mol. The average molecular weight is 250 g/mol. The van der Waals surface area contributed by atoms with Crippen molar-refractivity contribution < 1.29 is 4.92 Å². The zero-order valence-electron chi connectivity index (χ0n) is 8.63. The van der Waals surface area contributed by atoms with Crippen LogP contribution in [-0.4, -0.2) is 9.91 Å². The Morgan fingerprint density at radius 1 is 1.29 bits per heavy atom. The second kappa shape index (κ2) is 4.39. The van der Waals surface area contributed by atoms with Gasteiger partial charge in [0.25, 0.3) is 5.69 Å². The molecule has 1 heterocycles. The lowest BCUT2D eigenvalue weighted by atomic mass is 10.1. The van der Waals surface area contributed by atoms with Crippen LogP contribution in [0.3, 0.4) is 0 Å². The number of nitrogens with two attached hydrogens (primary N) is 1. The van der Waals surface area contributed by atoms with Crippen molar-refractivity contribution >= 4 is 23.1 Å². The molecule has 0 fully saturated rings. The van der Waals surface area contributed by atoms with Crippen molar-refractivity contribution in [3.8, 4) is 11.3 Å². The molecule has 0 amide bonds. The largest absolute Gasteiger partial charge is 0.384 e. The highest BCUT2D eigenvalue weighted by Crippen LogP contribution is 2.30. The Kier molecular flexibility index (Phi) is 2.93. The van der Waals surface area contributed by atoms with Gasteiger partial charge in [-0.15, -0.1) is 0 Å². The number of hydrogen-bond donors (Lipinski definition) is 1. The summed E-state index contributed by atoms with van der Waals surface area (Å²) in [5, 5.41) is 11.4. The number of nitrogen functional groups attached to an aromatic ring is 1. The van der Waals surface area contributed by atoms with Gasteiger partial charge >= 0.3 is 0 Å². The first-order chi connectivity index (χ1) is 8.08. The molecule has 0 aliphatic rings. The van der Waals surface area contributed by atoms with E-state index in [2.05, 4.69) is 4.98 Å². The van der Waals surface area contributed by atoms with Crippen LogP contribution in [0.4, 0.5) is 11.5 Å². The molecule has 0 saturated carbocycles. The maximum absolute atomic E-state index is 10.9. The van der Waals surface area contributed by atoms with E-state index in [0.29, 0.717) is 10.6 Å². The molecule has 0 atom stereocenters. The van der Waals surface area contributed by atoms with E-state index in [1.165, 1.54) is 12.1 Å². The third kappa shape index (κ3) is 2.34. The number of halogens is 1. The second-order valence-electron chi connectivity index (χ2n) is 3.37. The van der Waals surface area contributed by atoms with Crippen LogP contribution in [0.25, 0.3) is 11.3 Å². The maximum Gasteiger partial charge on any atom is 0.295 e. The number of nitrogens with zero attached hydrogens (tertiary/aromatic N) is 2. The lowest BCUT2D eigenvalue weighted by Gasteiger charge is -2.03. The summed E-state index contributed by atoms with van der Waals surface area (Å²) in [5.41, 5.74) is 6.23. The molecule has 1 aromatic heterocycles. The molecule has 5 nitrogen and oxygen atoms in total. The lowest BCUT2D eigenvalue weighted by molar-refractivity contribution is -0.384. The van der Waals surface area contributed by atoms with Crippen LogP contribution in [-0.2, 0) is 0 Å². The summed E-state index contributed by atoms with van der Waals surface area (Å²) < 4.78 is 0. The lowest BCUT2D eigenvalue weighted by Crippen LogP contribution is -1.98. The van der Waals surface area contributed by atoms with Crippen LogP contribution < -0.4 is 5.73 Å². The van der Waals surface area contributed by atoms with Crippen LogP contribution in [0, 0.1) is 10.1 Å². The molecule has 17 heavy (non-hydrogen) atoms. The Morgan fingerprint density at radius 2 is 2.06 bits per heavy atom. The van der Waals surface area contributed by atoms with Gasteiger partial charge in [0.15, 0.2) is 5.69 Å². The van der Waals surface area contributed by atoms with Crippen LogP contribution in [0.2, 0.25) is 5.02 Å². The fraction of sp³-hybridized carbons (Fsp3) is 0. The average Bonchev–Trinajstić information content (AvgIpc) is 2.28. The summed E-state index contributed by atoms with van der Waals surface area (Å²) in [5.74, 6) is 0.227. The molecule has 2 aromatic rings. The van der Waals surface area contributed by atoms with E-state index in [1.807, 2.05) is 0 Å². The Bertz CT molecular complexity index is 587. The number of hydrogen-bond acceptors (Lipinski definition) is 4. The summed E-state index contributed by atoms with van der Waals surface area (Å²) in [7, 11) is 0. The van der Waals surface area contributed by atoms with Gasteiger partial charge in [0.1, 0.15) is 5.82 Å². The van der Waals surface area contributed by atoms with Gasteiger partial charge < -0.3 is 5.73 Å². The van der Waals surface area contributed by atoms with Gasteiger partial charge in [0.05, 0.1) is 4.92 Å². The van der Waals surface area contributed by atoms with E-state index in [0.717, 1.165) is 0 Å². The molecule has 0 saturated heterocycles. The highest BCUT2D eigenvalue weighted by atomic mass is 35.5. The molecule has 0 spiro atoms. The molecule has 1 aromatic carbocycles. The number of pyridine rings is 1. The predicted octanol–water partition coefficient (Wildman–Crippen LogP) is 2.89. The fourth-order valence-electron chi connectivity index (χ4n) is 1.46. The fourth-order valence-corrected chi connectivity index (χ4v) is 1.65. The van der Waals surface area contributed by atoms with Crippen LogP contribution in [0.1, 0.15) is 0 Å². The molecular formula is C11H8ClN3O2. The number of nitro groups is 1. The molecule has 0 radical (unpaired) electrons. The van der Waals surface area contributed by atoms with Gasteiger partial charge in [-0.05, 0) is 18.2 Å². The predicted molar refractivity (Wildman–Crippen MR) is 65.7 cm³/mol. The molecule has 2 N–H and O–H groups in total. The third-order valence-corrected chi connectivity index (χ3v) is 2.43. The molecule has 0 unspecified atom stereocenters. The van der Waals surface area contributed by atoms with Gasteiger partial charge in [0.2, 0.25) is 0 Å². The third-order valence-electron chi connectivity index (χ3n) is 2.19. The number of aromatic nitrogens is 1. The maximum atomic E-state index is 10.9. The summed E-state index contributed by atoms with van der Waals surface area (Å²) in [4.78, 5) is 14.4. The van der Waals surface area contributed by atoms with Gasteiger partial charge in [-0.3, -0.25) is 10.1 Å². The topological polar surface area (TPSA) is 82.0 Å². The van der Waals surface area contributed by atoms with E-state index in [1.54, 1.807) is 24.3 Å². The van der Waals surface area contributed by atoms with Crippen molar-refractivity contribution in [1.29, 1.82) is 0 Å². The zero-order valence-corrected chi connectivity index (χ0v) is 9.39. The van der Waals surface area contributed by atoms with Crippen molar-refractivity contribution in [2.75, 3.05) is 5.73 Å². The van der Waals surface area contributed by atoms with Crippen LogP contribution in [0.5, 0.6) is 0 Å². The first-order valence-corrected chi connectivity index (χ1v) is 5.12. The Labute approximate surface area is 102 Å². The number of benzene rings is 1. The molecule has 0 bridgehead atoms. The molecule has 6 heteroatoms. The SMILES string of the molecule is Nc1ccc([N+](=O)[O-])c(-c2cccc(Cl)c2)n1. The summed E-state index contributed by atoms with van der Waals surface area (Å²) >= 11 is 5.84. The van der Waals surface area contributed by atoms with Gasteiger partial charge in [0, 0.05) is 16.7 Å². The second-order valence-corrected chi connectivity index (χ2v) is 3.81. The molecule has 0 aliphatic heterocycles. The first kappa shape index (κ1) is 11.3. The van der Waals surface area contributed by atoms with E-state index < -0.39 is 4.92 Å².